The van der Waals surface area contributed by atoms with Crippen LogP contribution in [0.4, 0.5) is 5.69 Å². The number of benzene rings is 2. The molecule has 140 valence electrons. The molecule has 0 unspecified atom stereocenters. The van der Waals surface area contributed by atoms with Crippen molar-refractivity contribution in [1.29, 1.82) is 0 Å². The zero-order valence-electron chi connectivity index (χ0n) is 15.2. The van der Waals surface area contributed by atoms with Gasteiger partial charge in [-0.2, -0.15) is 0 Å². The van der Waals surface area contributed by atoms with Crippen molar-refractivity contribution in [3.05, 3.63) is 54.1 Å². The lowest BCUT2D eigenvalue weighted by Gasteiger charge is -2.10. The molecule has 0 atom stereocenters. The third-order valence-corrected chi connectivity index (χ3v) is 4.93. The summed E-state index contributed by atoms with van der Waals surface area (Å²) < 4.78 is 32.5. The number of sulfonamides is 1. The topological polar surface area (TPSA) is 84.5 Å². The van der Waals surface area contributed by atoms with Crippen molar-refractivity contribution >= 4 is 21.6 Å². The fraction of sp³-hybridized carbons (Fsp3) is 0.316. The van der Waals surface area contributed by atoms with Gasteiger partial charge >= 0.3 is 0 Å². The average Bonchev–Trinajstić information content (AvgIpc) is 2.62. The van der Waals surface area contributed by atoms with Gasteiger partial charge in [0.15, 0.2) is 0 Å². The highest BCUT2D eigenvalue weighted by Gasteiger charge is 2.16. The summed E-state index contributed by atoms with van der Waals surface area (Å²) in [4.78, 5) is 12.5. The van der Waals surface area contributed by atoms with Gasteiger partial charge in [0.2, 0.25) is 10.0 Å². The van der Waals surface area contributed by atoms with Crippen molar-refractivity contribution in [3.8, 4) is 5.75 Å². The molecule has 2 rings (SSSR count). The number of hydrogen-bond donors (Lipinski definition) is 2. The highest BCUT2D eigenvalue weighted by molar-refractivity contribution is 7.89. The molecule has 0 heterocycles. The van der Waals surface area contributed by atoms with Crippen LogP contribution in [0.15, 0.2) is 53.4 Å². The zero-order chi connectivity index (χ0) is 19.2. The van der Waals surface area contributed by atoms with Crippen LogP contribution in [0.25, 0.3) is 0 Å². The van der Waals surface area contributed by atoms with Crippen LogP contribution in [-0.4, -0.2) is 27.5 Å². The normalized spacial score (nSPS) is 11.4. The third-order valence-electron chi connectivity index (χ3n) is 3.51. The second-order valence-electron chi connectivity index (χ2n) is 6.19. The van der Waals surface area contributed by atoms with Gasteiger partial charge in [-0.15, -0.1) is 0 Å². The number of carbonyl (C=O) groups excluding carboxylic acids is 1. The molecule has 0 aliphatic heterocycles. The van der Waals surface area contributed by atoms with Gasteiger partial charge < -0.3 is 10.1 Å². The van der Waals surface area contributed by atoms with E-state index in [-0.39, 0.29) is 22.3 Å². The Bertz CT molecular complexity index is 846. The van der Waals surface area contributed by atoms with Crippen molar-refractivity contribution in [2.24, 2.45) is 5.92 Å². The van der Waals surface area contributed by atoms with Gasteiger partial charge in [-0.05, 0) is 55.3 Å². The second-order valence-corrected chi connectivity index (χ2v) is 7.95. The maximum Gasteiger partial charge on any atom is 0.255 e. The number of ether oxygens (including phenoxy) is 1. The molecule has 0 fully saturated rings. The molecule has 2 N–H and O–H groups in total. The quantitative estimate of drug-likeness (QED) is 0.740. The first-order valence-corrected chi connectivity index (χ1v) is 9.94. The standard InChI is InChI=1S/C19H24N2O4S/c1-4-25-17-10-8-16(9-11-17)21-19(22)15-6-5-7-18(12-15)26(23,24)20-13-14(2)3/h5-12,14,20H,4,13H2,1-3H3,(H,21,22). The Morgan fingerprint density at radius 2 is 1.81 bits per heavy atom. The summed E-state index contributed by atoms with van der Waals surface area (Å²) in [7, 11) is -3.64. The van der Waals surface area contributed by atoms with Gasteiger partial charge in [0.25, 0.3) is 5.91 Å². The summed E-state index contributed by atoms with van der Waals surface area (Å²) in [6.07, 6.45) is 0. The van der Waals surface area contributed by atoms with Crippen molar-refractivity contribution in [2.75, 3.05) is 18.5 Å². The SMILES string of the molecule is CCOc1ccc(NC(=O)c2cccc(S(=O)(=O)NCC(C)C)c2)cc1. The monoisotopic (exact) mass is 376 g/mol. The van der Waals surface area contributed by atoms with Crippen molar-refractivity contribution in [2.45, 2.75) is 25.7 Å². The van der Waals surface area contributed by atoms with Crippen LogP contribution in [0.2, 0.25) is 0 Å². The highest BCUT2D eigenvalue weighted by atomic mass is 32.2. The molecule has 2 aromatic carbocycles. The fourth-order valence-electron chi connectivity index (χ4n) is 2.17. The van der Waals surface area contributed by atoms with E-state index in [4.69, 9.17) is 4.74 Å². The summed E-state index contributed by atoms with van der Waals surface area (Å²) in [6, 6.07) is 12.9. The van der Waals surface area contributed by atoms with E-state index in [1.807, 2.05) is 20.8 Å². The molecule has 0 bridgehead atoms. The Morgan fingerprint density at radius 3 is 2.42 bits per heavy atom. The van der Waals surface area contributed by atoms with Crippen LogP contribution >= 0.6 is 0 Å². The summed E-state index contributed by atoms with van der Waals surface area (Å²) in [5.41, 5.74) is 0.871. The van der Waals surface area contributed by atoms with E-state index in [1.165, 1.54) is 12.1 Å². The third kappa shape index (κ3) is 5.57. The Labute approximate surface area is 154 Å². The fourth-order valence-corrected chi connectivity index (χ4v) is 3.43. The van der Waals surface area contributed by atoms with E-state index in [1.54, 1.807) is 36.4 Å². The molecule has 26 heavy (non-hydrogen) atoms. The maximum absolute atomic E-state index is 12.4. The smallest absolute Gasteiger partial charge is 0.255 e. The molecule has 2 aromatic rings. The minimum absolute atomic E-state index is 0.0671. The molecule has 0 saturated heterocycles. The number of nitrogens with one attached hydrogen (secondary N) is 2. The maximum atomic E-state index is 12.4. The molecular formula is C19H24N2O4S. The van der Waals surface area contributed by atoms with Gasteiger partial charge in [0, 0.05) is 17.8 Å². The van der Waals surface area contributed by atoms with E-state index in [0.29, 0.717) is 18.8 Å². The number of hydrogen-bond acceptors (Lipinski definition) is 4. The number of anilines is 1. The van der Waals surface area contributed by atoms with E-state index < -0.39 is 10.0 Å². The molecule has 6 nitrogen and oxygen atoms in total. The minimum Gasteiger partial charge on any atom is -0.494 e. The second kappa shape index (κ2) is 8.82. The van der Waals surface area contributed by atoms with Gasteiger partial charge in [-0.1, -0.05) is 19.9 Å². The minimum atomic E-state index is -3.64. The molecule has 0 aliphatic carbocycles. The van der Waals surface area contributed by atoms with Gasteiger partial charge in [0.1, 0.15) is 5.75 Å². The van der Waals surface area contributed by atoms with E-state index in [2.05, 4.69) is 10.0 Å². The number of carbonyl (C=O) groups is 1. The van der Waals surface area contributed by atoms with Crippen LogP contribution in [-0.2, 0) is 10.0 Å². The lowest BCUT2D eigenvalue weighted by Crippen LogP contribution is -2.27. The average molecular weight is 376 g/mol. The van der Waals surface area contributed by atoms with Crippen LogP contribution in [0, 0.1) is 5.92 Å². The lowest BCUT2D eigenvalue weighted by atomic mass is 10.2. The zero-order valence-corrected chi connectivity index (χ0v) is 16.0. The van der Waals surface area contributed by atoms with Gasteiger partial charge in [-0.3, -0.25) is 4.79 Å². The van der Waals surface area contributed by atoms with E-state index in [9.17, 15) is 13.2 Å². The molecule has 7 heteroatoms. The van der Waals surface area contributed by atoms with E-state index in [0.717, 1.165) is 5.75 Å². The molecule has 0 aliphatic rings. The van der Waals surface area contributed by atoms with Crippen LogP contribution < -0.4 is 14.8 Å². The molecule has 0 saturated carbocycles. The van der Waals surface area contributed by atoms with Crippen molar-refractivity contribution < 1.29 is 17.9 Å². The molecule has 0 radical (unpaired) electrons. The summed E-state index contributed by atoms with van der Waals surface area (Å²) in [6.45, 7) is 6.64. The van der Waals surface area contributed by atoms with Crippen LogP contribution in [0.1, 0.15) is 31.1 Å². The number of rotatable bonds is 8. The first kappa shape index (κ1) is 19.9. The molecular weight excluding hydrogens is 352 g/mol. The van der Waals surface area contributed by atoms with Gasteiger partial charge in [-0.25, -0.2) is 13.1 Å². The Hall–Kier alpha value is -2.38. The molecule has 1 amide bonds. The molecule has 0 aromatic heterocycles. The predicted octanol–water partition coefficient (Wildman–Crippen LogP) is 3.27. The van der Waals surface area contributed by atoms with Crippen LogP contribution in [0.3, 0.4) is 0 Å². The molecule has 0 spiro atoms. The summed E-state index contributed by atoms with van der Waals surface area (Å²) in [5, 5.41) is 2.75. The van der Waals surface area contributed by atoms with Gasteiger partial charge in [0.05, 0.1) is 11.5 Å². The first-order valence-electron chi connectivity index (χ1n) is 8.45. The largest absolute Gasteiger partial charge is 0.494 e. The summed E-state index contributed by atoms with van der Waals surface area (Å²) in [5.74, 6) is 0.529. The first-order chi connectivity index (χ1) is 12.3. The lowest BCUT2D eigenvalue weighted by molar-refractivity contribution is 0.102. The van der Waals surface area contributed by atoms with Crippen molar-refractivity contribution in [1.82, 2.24) is 4.72 Å². The Morgan fingerprint density at radius 1 is 1.12 bits per heavy atom. The Balaban J connectivity index is 2.12. The Kier molecular flexibility index (Phi) is 6.76. The summed E-state index contributed by atoms with van der Waals surface area (Å²) >= 11 is 0. The predicted molar refractivity (Wildman–Crippen MR) is 102 cm³/mol. The number of amides is 1. The van der Waals surface area contributed by atoms with Crippen LogP contribution in [0.5, 0.6) is 5.75 Å². The van der Waals surface area contributed by atoms with E-state index >= 15 is 0 Å². The van der Waals surface area contributed by atoms with Crippen molar-refractivity contribution in [3.63, 3.8) is 0 Å². The highest BCUT2D eigenvalue weighted by Crippen LogP contribution is 2.17.